The molecule has 1 aromatic heterocycles. The molecule has 2 N–H and O–H groups in total. The van der Waals surface area contributed by atoms with Crippen molar-refractivity contribution < 1.29 is 9.53 Å². The predicted molar refractivity (Wildman–Crippen MR) is 72.9 cm³/mol. The summed E-state index contributed by atoms with van der Waals surface area (Å²) in [6.07, 6.45) is 2.75. The molecule has 2 rings (SSSR count). The normalized spacial score (nSPS) is 18.4. The van der Waals surface area contributed by atoms with Gasteiger partial charge in [0.1, 0.15) is 5.56 Å². The van der Waals surface area contributed by atoms with Crippen LogP contribution in [0.2, 0.25) is 0 Å². The molecule has 7 heteroatoms. The van der Waals surface area contributed by atoms with Crippen LogP contribution in [0.25, 0.3) is 0 Å². The van der Waals surface area contributed by atoms with Gasteiger partial charge >= 0.3 is 5.69 Å². The van der Waals surface area contributed by atoms with Crippen molar-refractivity contribution in [3.05, 3.63) is 32.6 Å². The number of H-pyrrole nitrogens is 1. The van der Waals surface area contributed by atoms with E-state index in [0.717, 1.165) is 23.6 Å². The fourth-order valence-corrected chi connectivity index (χ4v) is 2.17. The van der Waals surface area contributed by atoms with Crippen molar-refractivity contribution in [3.63, 3.8) is 0 Å². The number of aromatic amines is 1. The number of amides is 1. The third kappa shape index (κ3) is 3.16. The van der Waals surface area contributed by atoms with E-state index < -0.39 is 17.2 Å². The van der Waals surface area contributed by atoms with Gasteiger partial charge in [-0.3, -0.25) is 14.2 Å². The van der Waals surface area contributed by atoms with Gasteiger partial charge in [0, 0.05) is 18.8 Å². The maximum atomic E-state index is 12.2. The zero-order valence-electron chi connectivity index (χ0n) is 11.6. The molecule has 0 aromatic carbocycles. The second kappa shape index (κ2) is 6.04. The van der Waals surface area contributed by atoms with E-state index in [-0.39, 0.29) is 24.3 Å². The molecule has 7 nitrogen and oxygen atoms in total. The summed E-state index contributed by atoms with van der Waals surface area (Å²) in [5, 5.41) is 2.63. The van der Waals surface area contributed by atoms with Crippen molar-refractivity contribution >= 4 is 5.91 Å². The minimum Gasteiger partial charge on any atom is -0.376 e. The van der Waals surface area contributed by atoms with Crippen LogP contribution in [-0.4, -0.2) is 34.2 Å². The molecule has 1 amide bonds. The van der Waals surface area contributed by atoms with Gasteiger partial charge in [-0.25, -0.2) is 4.79 Å². The Morgan fingerprint density at radius 3 is 2.90 bits per heavy atom. The Morgan fingerprint density at radius 2 is 2.30 bits per heavy atom. The largest absolute Gasteiger partial charge is 0.376 e. The number of nitrogens with one attached hydrogen (secondary N) is 2. The van der Waals surface area contributed by atoms with Crippen LogP contribution in [0.5, 0.6) is 0 Å². The lowest BCUT2D eigenvalue weighted by molar-refractivity contribution is 0.0917. The molecule has 1 saturated heterocycles. The molecule has 1 aromatic rings. The molecule has 1 aliphatic heterocycles. The van der Waals surface area contributed by atoms with Gasteiger partial charge in [0.05, 0.1) is 12.6 Å². The summed E-state index contributed by atoms with van der Waals surface area (Å²) < 4.78 is 6.45. The van der Waals surface area contributed by atoms with Crippen molar-refractivity contribution in [2.75, 3.05) is 6.61 Å². The zero-order chi connectivity index (χ0) is 14.7. The predicted octanol–water partition coefficient (Wildman–Crippen LogP) is -0.146. The first kappa shape index (κ1) is 14.5. The highest BCUT2D eigenvalue weighted by Gasteiger charge is 2.20. The van der Waals surface area contributed by atoms with Crippen molar-refractivity contribution in [1.29, 1.82) is 0 Å². The number of ether oxygens (including phenoxy) is 1. The lowest BCUT2D eigenvalue weighted by atomic mass is 10.2. The molecule has 1 fully saturated rings. The van der Waals surface area contributed by atoms with Crippen LogP contribution in [0.15, 0.2) is 15.8 Å². The lowest BCUT2D eigenvalue weighted by Gasteiger charge is -2.12. The average Bonchev–Trinajstić information content (AvgIpc) is 2.86. The van der Waals surface area contributed by atoms with Crippen LogP contribution in [0.4, 0.5) is 0 Å². The molecule has 0 aliphatic carbocycles. The fraction of sp³-hybridized carbons (Fsp3) is 0.615. The smallest absolute Gasteiger partial charge is 0.328 e. The van der Waals surface area contributed by atoms with Crippen molar-refractivity contribution in [2.45, 2.75) is 45.4 Å². The van der Waals surface area contributed by atoms with E-state index in [4.69, 9.17) is 4.74 Å². The van der Waals surface area contributed by atoms with Crippen molar-refractivity contribution in [2.24, 2.45) is 0 Å². The Bertz CT molecular complexity index is 596. The van der Waals surface area contributed by atoms with E-state index in [0.29, 0.717) is 6.61 Å². The molecule has 1 unspecified atom stereocenters. The van der Waals surface area contributed by atoms with Gasteiger partial charge in [-0.2, -0.15) is 0 Å². The summed E-state index contributed by atoms with van der Waals surface area (Å²) in [5.41, 5.74) is -1.16. The first-order valence-corrected chi connectivity index (χ1v) is 6.74. The highest BCUT2D eigenvalue weighted by molar-refractivity contribution is 5.93. The average molecular weight is 281 g/mol. The SMILES string of the molecule is CC(C)NC(=O)c1c[nH]c(=O)n(CC2CCCO2)c1=O. The summed E-state index contributed by atoms with van der Waals surface area (Å²) in [6.45, 7) is 4.42. The van der Waals surface area contributed by atoms with Crippen LogP contribution in [0, 0.1) is 0 Å². The maximum absolute atomic E-state index is 12.2. The van der Waals surface area contributed by atoms with E-state index in [2.05, 4.69) is 10.3 Å². The maximum Gasteiger partial charge on any atom is 0.328 e. The number of aromatic nitrogens is 2. The molecule has 1 atom stereocenters. The van der Waals surface area contributed by atoms with E-state index in [1.54, 1.807) is 13.8 Å². The fourth-order valence-electron chi connectivity index (χ4n) is 2.17. The van der Waals surface area contributed by atoms with Gasteiger partial charge in [0.15, 0.2) is 0 Å². The molecule has 20 heavy (non-hydrogen) atoms. The molecule has 1 aliphatic rings. The Hall–Kier alpha value is -1.89. The monoisotopic (exact) mass is 281 g/mol. The minimum atomic E-state index is -0.581. The van der Waals surface area contributed by atoms with E-state index in [1.165, 1.54) is 0 Å². The Labute approximate surface area is 116 Å². The van der Waals surface area contributed by atoms with Gasteiger partial charge in [-0.05, 0) is 26.7 Å². The Kier molecular flexibility index (Phi) is 4.39. The van der Waals surface area contributed by atoms with Crippen LogP contribution in [-0.2, 0) is 11.3 Å². The first-order valence-electron chi connectivity index (χ1n) is 6.74. The second-order valence-corrected chi connectivity index (χ2v) is 5.19. The lowest BCUT2D eigenvalue weighted by Crippen LogP contribution is -2.43. The summed E-state index contributed by atoms with van der Waals surface area (Å²) in [6, 6.07) is -0.0829. The van der Waals surface area contributed by atoms with Crippen LogP contribution in [0.1, 0.15) is 37.0 Å². The standard InChI is InChI=1S/C13H19N3O4/c1-8(2)15-11(17)10-6-14-13(19)16(12(10)18)7-9-4-3-5-20-9/h6,8-9H,3-5,7H2,1-2H3,(H,14,19)(H,15,17). The summed E-state index contributed by atoms with van der Waals surface area (Å²) in [4.78, 5) is 38.3. The number of nitrogens with zero attached hydrogens (tertiary/aromatic N) is 1. The zero-order valence-corrected chi connectivity index (χ0v) is 11.6. The first-order chi connectivity index (χ1) is 9.49. The van der Waals surface area contributed by atoms with Crippen molar-refractivity contribution in [3.8, 4) is 0 Å². The molecule has 0 saturated carbocycles. The number of rotatable bonds is 4. The van der Waals surface area contributed by atoms with Gasteiger partial charge < -0.3 is 15.0 Å². The highest BCUT2D eigenvalue weighted by Crippen LogP contribution is 2.12. The highest BCUT2D eigenvalue weighted by atomic mass is 16.5. The molecule has 0 radical (unpaired) electrons. The summed E-state index contributed by atoms with van der Waals surface area (Å²) >= 11 is 0. The van der Waals surface area contributed by atoms with Crippen molar-refractivity contribution in [1.82, 2.24) is 14.9 Å². The van der Waals surface area contributed by atoms with Gasteiger partial charge in [-0.15, -0.1) is 0 Å². The topological polar surface area (TPSA) is 93.2 Å². The molecule has 2 heterocycles. The summed E-state index contributed by atoms with van der Waals surface area (Å²) in [5.74, 6) is -0.484. The molecule has 110 valence electrons. The number of hydrogen-bond donors (Lipinski definition) is 2. The molecular weight excluding hydrogens is 262 g/mol. The summed E-state index contributed by atoms with van der Waals surface area (Å²) in [7, 11) is 0. The number of carbonyl (C=O) groups excluding carboxylic acids is 1. The Balaban J connectivity index is 2.29. The van der Waals surface area contributed by atoms with Crippen LogP contribution < -0.4 is 16.6 Å². The van der Waals surface area contributed by atoms with E-state index in [9.17, 15) is 14.4 Å². The van der Waals surface area contributed by atoms with E-state index >= 15 is 0 Å². The Morgan fingerprint density at radius 1 is 1.55 bits per heavy atom. The third-order valence-corrected chi connectivity index (χ3v) is 3.14. The molecular formula is C13H19N3O4. The van der Waals surface area contributed by atoms with E-state index in [1.807, 2.05) is 0 Å². The third-order valence-electron chi connectivity index (χ3n) is 3.14. The van der Waals surface area contributed by atoms with Gasteiger partial charge in [0.2, 0.25) is 0 Å². The molecule has 0 bridgehead atoms. The molecule has 0 spiro atoms. The second-order valence-electron chi connectivity index (χ2n) is 5.19. The number of hydrogen-bond acceptors (Lipinski definition) is 4. The van der Waals surface area contributed by atoms with Gasteiger partial charge in [-0.1, -0.05) is 0 Å². The van der Waals surface area contributed by atoms with Gasteiger partial charge in [0.25, 0.3) is 11.5 Å². The quantitative estimate of drug-likeness (QED) is 0.803. The minimum absolute atomic E-state index is 0.0590. The van der Waals surface area contributed by atoms with Crippen LogP contribution >= 0.6 is 0 Å². The number of carbonyl (C=O) groups is 1. The van der Waals surface area contributed by atoms with Crippen LogP contribution in [0.3, 0.4) is 0 Å².